The van der Waals surface area contributed by atoms with Gasteiger partial charge in [0.1, 0.15) is 12.3 Å². The standard InChI is InChI=1S/C44H54N7O20P3/c45-44-48-42-41(43(56)49-44)33(28-51(42)40-26-35(52)36(69-40)29-68-73(60,61)71-74(62,63)70-72(57,58)59)9-5-16-46-38(54)15-18-64-20-22-66-24-25-67-23-21-65-19-17-47-37(53)13-14-39(55)50-27-32-8-2-1-6-30(32)11-12-31-7-3-4-10-34(31)50/h1-4,6-8,10,28,35-36,40,52H,13-27,29H2,(H,46,54)(H,47,53)(H,60,61)(H,62,63)(H2,57,58,59)(H3,45,48,49,56)/t35-,36+,40+/m0/s1. The van der Waals surface area contributed by atoms with E-state index in [2.05, 4.69) is 57.4 Å². The third kappa shape index (κ3) is 18.0. The number of para-hydroxylation sites is 1. The van der Waals surface area contributed by atoms with Gasteiger partial charge in [0.05, 0.1) is 95.3 Å². The van der Waals surface area contributed by atoms with Crippen molar-refractivity contribution in [3.8, 4) is 23.7 Å². The number of carbonyl (C=O) groups excluding carboxylic acids is 3. The molecular weight excluding hydrogens is 1040 g/mol. The van der Waals surface area contributed by atoms with Crippen molar-refractivity contribution in [3.05, 3.63) is 87.3 Å². The van der Waals surface area contributed by atoms with Crippen LogP contribution in [0.3, 0.4) is 0 Å². The van der Waals surface area contributed by atoms with Gasteiger partial charge in [-0.05, 0) is 23.8 Å². The van der Waals surface area contributed by atoms with Crippen molar-refractivity contribution in [3.63, 3.8) is 0 Å². The van der Waals surface area contributed by atoms with Crippen molar-refractivity contribution in [2.24, 2.45) is 0 Å². The number of rotatable bonds is 27. The number of nitrogens with zero attached hydrogens (tertiary/aromatic N) is 3. The number of phosphoric ester groups is 1. The number of amides is 3. The van der Waals surface area contributed by atoms with Gasteiger partial charge in [-0.1, -0.05) is 54.0 Å². The lowest BCUT2D eigenvalue weighted by Gasteiger charge is -2.26. The summed E-state index contributed by atoms with van der Waals surface area (Å²) in [5, 5.41) is 16.0. The summed E-state index contributed by atoms with van der Waals surface area (Å²) < 4.78 is 75.6. The first-order valence-electron chi connectivity index (χ1n) is 22.6. The number of ether oxygens (including phenoxy) is 5. The number of aromatic amines is 1. The van der Waals surface area contributed by atoms with Gasteiger partial charge in [0.2, 0.25) is 23.7 Å². The van der Waals surface area contributed by atoms with Gasteiger partial charge in [-0.25, -0.2) is 13.7 Å². The number of phosphoric acid groups is 3. The summed E-state index contributed by atoms with van der Waals surface area (Å²) >= 11 is 0. The van der Waals surface area contributed by atoms with E-state index in [1.54, 1.807) is 4.90 Å². The van der Waals surface area contributed by atoms with Crippen LogP contribution < -0.4 is 26.8 Å². The molecule has 6 rings (SSSR count). The fraction of sp³-hybridized carbons (Fsp3) is 0.432. The van der Waals surface area contributed by atoms with Crippen LogP contribution in [0.25, 0.3) is 11.0 Å². The van der Waals surface area contributed by atoms with Crippen LogP contribution >= 0.6 is 23.5 Å². The molecule has 2 aromatic heterocycles. The predicted octanol–water partition coefficient (Wildman–Crippen LogP) is 1.07. The van der Waals surface area contributed by atoms with Crippen LogP contribution in [0, 0.1) is 23.7 Å². The van der Waals surface area contributed by atoms with E-state index in [-0.39, 0.29) is 105 Å². The van der Waals surface area contributed by atoms with E-state index in [0.717, 1.165) is 16.7 Å². The van der Waals surface area contributed by atoms with Crippen LogP contribution in [-0.4, -0.2) is 142 Å². The zero-order valence-electron chi connectivity index (χ0n) is 39.4. The van der Waals surface area contributed by atoms with Crippen LogP contribution in [0.5, 0.6) is 0 Å². The highest BCUT2D eigenvalue weighted by Gasteiger charge is 2.43. The van der Waals surface area contributed by atoms with Crippen LogP contribution in [-0.2, 0) is 71.5 Å². The van der Waals surface area contributed by atoms with Crippen molar-refractivity contribution in [2.75, 3.05) is 83.2 Å². The Balaban J connectivity index is 0.792. The number of carbonyl (C=O) groups is 3. The molecule has 400 valence electrons. The maximum atomic E-state index is 13.3. The Hall–Kier alpha value is -5.64. The van der Waals surface area contributed by atoms with Crippen molar-refractivity contribution in [1.82, 2.24) is 25.2 Å². The molecule has 3 amide bonds. The maximum Gasteiger partial charge on any atom is 0.490 e. The number of benzene rings is 2. The zero-order chi connectivity index (χ0) is 53.3. The predicted molar refractivity (Wildman–Crippen MR) is 259 cm³/mol. The lowest BCUT2D eigenvalue weighted by atomic mass is 10.0. The van der Waals surface area contributed by atoms with Gasteiger partial charge in [-0.3, -0.25) is 28.7 Å². The molecule has 2 aliphatic rings. The lowest BCUT2D eigenvalue weighted by molar-refractivity contribution is -0.125. The molecule has 2 aliphatic heterocycles. The number of aliphatic hydroxyl groups is 1. The average molecular weight is 1090 g/mol. The van der Waals surface area contributed by atoms with Crippen molar-refractivity contribution >= 4 is 63.9 Å². The topological polar surface area (TPSA) is 381 Å². The van der Waals surface area contributed by atoms with Crippen LogP contribution in [0.4, 0.5) is 11.6 Å². The molecule has 27 nitrogen and oxygen atoms in total. The smallest absolute Gasteiger partial charge is 0.390 e. The number of fused-ring (bicyclic) bond motifs is 3. The Morgan fingerprint density at radius 2 is 1.46 bits per heavy atom. The van der Waals surface area contributed by atoms with Gasteiger partial charge >= 0.3 is 23.5 Å². The summed E-state index contributed by atoms with van der Waals surface area (Å²) in [6, 6.07) is 15.1. The van der Waals surface area contributed by atoms with Crippen molar-refractivity contribution in [1.29, 1.82) is 0 Å². The molecule has 74 heavy (non-hydrogen) atoms. The number of nitrogens with two attached hydrogens (primary N) is 1. The molecule has 0 bridgehead atoms. The van der Waals surface area contributed by atoms with Gasteiger partial charge in [-0.2, -0.15) is 13.6 Å². The molecule has 4 aromatic rings. The number of nitrogen functional groups attached to an aromatic ring is 1. The molecule has 0 spiro atoms. The molecule has 1 saturated heterocycles. The number of hydrogen-bond acceptors (Lipinski definition) is 18. The normalized spacial score (nSPS) is 17.8. The molecule has 10 N–H and O–H groups in total. The molecule has 5 atom stereocenters. The Bertz CT molecular complexity index is 2960. The zero-order valence-corrected chi connectivity index (χ0v) is 42.0. The Morgan fingerprint density at radius 1 is 0.824 bits per heavy atom. The van der Waals surface area contributed by atoms with Crippen LogP contribution in [0.15, 0.2) is 59.5 Å². The van der Waals surface area contributed by atoms with E-state index >= 15 is 0 Å². The second kappa shape index (κ2) is 27.2. The van der Waals surface area contributed by atoms with Crippen LogP contribution in [0.2, 0.25) is 0 Å². The molecule has 1 fully saturated rings. The number of aromatic nitrogens is 3. The lowest BCUT2D eigenvalue weighted by Crippen LogP contribution is -2.34. The van der Waals surface area contributed by atoms with E-state index in [0.29, 0.717) is 38.7 Å². The third-order valence-electron chi connectivity index (χ3n) is 10.5. The first-order valence-corrected chi connectivity index (χ1v) is 27.1. The van der Waals surface area contributed by atoms with Gasteiger partial charge in [0.25, 0.3) is 5.56 Å². The molecule has 30 heteroatoms. The molecule has 4 heterocycles. The number of hydrogen-bond donors (Lipinski definition) is 9. The first kappa shape index (κ1) is 57.6. The van der Waals surface area contributed by atoms with E-state index in [1.165, 1.54) is 10.8 Å². The summed E-state index contributed by atoms with van der Waals surface area (Å²) in [5.41, 5.74) is 8.46. The van der Waals surface area contributed by atoms with Crippen molar-refractivity contribution < 1.29 is 89.6 Å². The number of nitrogens with one attached hydrogen (secondary N) is 3. The summed E-state index contributed by atoms with van der Waals surface area (Å²) in [6.45, 7) is 1.64. The van der Waals surface area contributed by atoms with Gasteiger partial charge < -0.3 is 74.2 Å². The largest absolute Gasteiger partial charge is 0.490 e. The fourth-order valence-corrected chi connectivity index (χ4v) is 10.2. The first-order chi connectivity index (χ1) is 35.3. The van der Waals surface area contributed by atoms with Crippen molar-refractivity contribution in [2.45, 2.75) is 50.7 Å². The molecule has 2 aromatic carbocycles. The van der Waals surface area contributed by atoms with E-state index in [1.807, 2.05) is 48.5 Å². The Morgan fingerprint density at radius 3 is 2.18 bits per heavy atom. The summed E-state index contributed by atoms with van der Waals surface area (Å²) in [7, 11) is -16.9. The minimum absolute atomic E-state index is 0.0148. The Kier molecular flexibility index (Phi) is 21.2. The van der Waals surface area contributed by atoms with E-state index < -0.39 is 54.1 Å². The molecule has 2 unspecified atom stereocenters. The maximum absolute atomic E-state index is 13.3. The summed E-state index contributed by atoms with van der Waals surface area (Å²) in [6.07, 6.45) is -2.61. The average Bonchev–Trinajstić information content (AvgIpc) is 3.89. The minimum atomic E-state index is -5.78. The van der Waals surface area contributed by atoms with Gasteiger partial charge in [0, 0.05) is 49.6 Å². The van der Waals surface area contributed by atoms with Gasteiger partial charge in [-0.15, -0.1) is 0 Å². The van der Waals surface area contributed by atoms with E-state index in [4.69, 9.17) is 39.2 Å². The molecule has 0 radical (unpaired) electrons. The highest BCUT2D eigenvalue weighted by atomic mass is 31.3. The summed E-state index contributed by atoms with van der Waals surface area (Å²) in [5.74, 6) is 10.8. The highest BCUT2D eigenvalue weighted by molar-refractivity contribution is 7.66. The molecular formula is C44H54N7O20P3. The molecule has 0 aliphatic carbocycles. The van der Waals surface area contributed by atoms with E-state index in [9.17, 15) is 47.8 Å². The number of H-pyrrole nitrogens is 1. The summed E-state index contributed by atoms with van der Waals surface area (Å²) in [4.78, 5) is 95.8. The third-order valence-corrected chi connectivity index (χ3v) is 14.3. The Labute approximate surface area is 422 Å². The second-order valence-corrected chi connectivity index (χ2v) is 20.4. The fourth-order valence-electron chi connectivity index (χ4n) is 7.21. The minimum Gasteiger partial charge on any atom is -0.390 e. The second-order valence-electron chi connectivity index (χ2n) is 16.0. The molecule has 0 saturated carbocycles. The monoisotopic (exact) mass is 1090 g/mol. The number of aliphatic hydroxyl groups excluding tert-OH is 1. The highest BCUT2D eigenvalue weighted by Crippen LogP contribution is 2.66. The number of anilines is 2. The SMILES string of the molecule is Nc1nc2c(c(C#CCNC(=O)CCOCCOCCOCCOCCNC(=O)CCC(=O)N3Cc4ccccc4C#Cc4ccccc43)cn2[C@H]2C[C@H](O)[C@@H](COP(=O)(O)OP(=O)(O)OP(=O)(O)O)O2)c(=O)[nH]1. The van der Waals surface area contributed by atoms with Gasteiger partial charge in [0.15, 0.2) is 5.65 Å². The van der Waals surface area contributed by atoms with Crippen LogP contribution in [0.1, 0.15) is 54.2 Å². The quantitative estimate of drug-likeness (QED) is 0.0229.